The van der Waals surface area contributed by atoms with Crippen LogP contribution in [0.25, 0.3) is 0 Å². The van der Waals surface area contributed by atoms with Crippen molar-refractivity contribution >= 4 is 17.5 Å². The Morgan fingerprint density at radius 3 is 1.93 bits per heavy atom. The molecule has 0 saturated heterocycles. The number of nitrogens with one attached hydrogen (secondary N) is 1. The fraction of sp³-hybridized carbons (Fsp3) is 0.727. The Balaban J connectivity index is 4.22. The van der Waals surface area contributed by atoms with Crippen LogP contribution in [-0.2, 0) is 14.4 Å². The van der Waals surface area contributed by atoms with Gasteiger partial charge in [-0.25, -0.2) is 0 Å². The van der Waals surface area contributed by atoms with Gasteiger partial charge in [0.05, 0.1) is 0 Å². The van der Waals surface area contributed by atoms with E-state index in [-0.39, 0.29) is 36.4 Å². The minimum Gasteiger partial charge on any atom is -0.354 e. The average molecular weight is 213 g/mol. The number of carbonyl (C=O) groups excluding carboxylic acids is 3. The highest BCUT2D eigenvalue weighted by Gasteiger charge is 2.20. The predicted molar refractivity (Wildman–Crippen MR) is 57.4 cm³/mol. The minimum absolute atomic E-state index is 0.0578. The Bertz CT molecular complexity index is 259. The third-order valence-electron chi connectivity index (χ3n) is 1.99. The molecular weight excluding hydrogens is 194 g/mol. The summed E-state index contributed by atoms with van der Waals surface area (Å²) in [5.74, 6) is -0.815. The first-order chi connectivity index (χ1) is 6.82. The first-order valence-corrected chi connectivity index (χ1v) is 5.12. The molecule has 0 bridgehead atoms. The highest BCUT2D eigenvalue weighted by Crippen LogP contribution is 2.10. The van der Waals surface area contributed by atoms with Gasteiger partial charge >= 0.3 is 0 Å². The third-order valence-corrected chi connectivity index (χ3v) is 1.99. The van der Waals surface area contributed by atoms with E-state index in [2.05, 4.69) is 5.32 Å². The van der Waals surface area contributed by atoms with Crippen LogP contribution >= 0.6 is 0 Å². The molecule has 0 radical (unpaired) electrons. The lowest BCUT2D eigenvalue weighted by Gasteiger charge is -2.13. The largest absolute Gasteiger partial charge is 0.354 e. The van der Waals surface area contributed by atoms with Gasteiger partial charge in [-0.15, -0.1) is 0 Å². The van der Waals surface area contributed by atoms with Crippen molar-refractivity contribution < 1.29 is 14.4 Å². The van der Waals surface area contributed by atoms with Crippen molar-refractivity contribution in [2.24, 2.45) is 5.92 Å². The monoisotopic (exact) mass is 213 g/mol. The van der Waals surface area contributed by atoms with Crippen LogP contribution in [0.5, 0.6) is 0 Å². The maximum atomic E-state index is 11.4. The number of Topliss-reactive ketones (excluding diaryl/α,β-unsaturated/α-hetero) is 2. The van der Waals surface area contributed by atoms with Crippen molar-refractivity contribution in [3.8, 4) is 0 Å². The van der Waals surface area contributed by atoms with Crippen molar-refractivity contribution in [3.63, 3.8) is 0 Å². The summed E-state index contributed by atoms with van der Waals surface area (Å²) in [6.45, 7) is 6.55. The zero-order chi connectivity index (χ0) is 12.0. The van der Waals surface area contributed by atoms with Gasteiger partial charge in [-0.1, -0.05) is 0 Å². The molecule has 86 valence electrons. The quantitative estimate of drug-likeness (QED) is 0.718. The molecule has 0 fully saturated rings. The Hall–Kier alpha value is -1.19. The molecule has 1 amide bonds. The summed E-state index contributed by atoms with van der Waals surface area (Å²) in [7, 11) is 0. The maximum absolute atomic E-state index is 11.4. The normalized spacial score (nSPS) is 12.3. The number of rotatable bonds is 6. The lowest BCUT2D eigenvalue weighted by Crippen LogP contribution is -2.33. The molecule has 0 saturated carbocycles. The van der Waals surface area contributed by atoms with Gasteiger partial charge in [0.25, 0.3) is 0 Å². The van der Waals surface area contributed by atoms with E-state index < -0.39 is 5.92 Å². The van der Waals surface area contributed by atoms with Gasteiger partial charge in [-0.2, -0.15) is 0 Å². The Morgan fingerprint density at radius 1 is 1.07 bits per heavy atom. The summed E-state index contributed by atoms with van der Waals surface area (Å²) in [6, 6.07) is 0.0578. The second-order valence-electron chi connectivity index (χ2n) is 4.14. The molecule has 0 aromatic heterocycles. The summed E-state index contributed by atoms with van der Waals surface area (Å²) in [6.07, 6.45) is 0.258. The van der Waals surface area contributed by atoms with E-state index in [9.17, 15) is 14.4 Å². The molecule has 0 aliphatic heterocycles. The van der Waals surface area contributed by atoms with Gasteiger partial charge < -0.3 is 10.1 Å². The average Bonchev–Trinajstić information content (AvgIpc) is 1.99. The fourth-order valence-electron chi connectivity index (χ4n) is 1.31. The molecule has 4 nitrogen and oxygen atoms in total. The second kappa shape index (κ2) is 6.32. The molecule has 15 heavy (non-hydrogen) atoms. The van der Waals surface area contributed by atoms with Gasteiger partial charge in [0.1, 0.15) is 11.6 Å². The van der Waals surface area contributed by atoms with Crippen molar-refractivity contribution in [2.75, 3.05) is 0 Å². The van der Waals surface area contributed by atoms with Crippen molar-refractivity contribution in [1.82, 2.24) is 5.32 Å². The summed E-state index contributed by atoms with van der Waals surface area (Å²) in [5, 5.41) is 2.70. The molecule has 4 heteroatoms. The smallest absolute Gasteiger partial charge is 0.220 e. The molecule has 1 N–H and O–H groups in total. The SMILES string of the molecule is CC(=O)CC(CC(=O)NC(C)C)C(C)=O. The molecule has 1 unspecified atom stereocenters. The molecular formula is C11H19NO3. The molecule has 0 heterocycles. The van der Waals surface area contributed by atoms with E-state index in [0.29, 0.717) is 0 Å². The second-order valence-corrected chi connectivity index (χ2v) is 4.14. The van der Waals surface area contributed by atoms with E-state index in [4.69, 9.17) is 0 Å². The zero-order valence-electron chi connectivity index (χ0n) is 9.79. The lowest BCUT2D eigenvalue weighted by molar-refractivity contribution is -0.130. The molecule has 0 spiro atoms. The van der Waals surface area contributed by atoms with Crippen LogP contribution in [0.3, 0.4) is 0 Å². The van der Waals surface area contributed by atoms with Gasteiger partial charge in [-0.05, 0) is 27.7 Å². The van der Waals surface area contributed by atoms with Crippen LogP contribution in [0.2, 0.25) is 0 Å². The Morgan fingerprint density at radius 2 is 1.60 bits per heavy atom. The van der Waals surface area contributed by atoms with Crippen molar-refractivity contribution in [1.29, 1.82) is 0 Å². The van der Waals surface area contributed by atoms with Gasteiger partial charge in [0.2, 0.25) is 5.91 Å². The fourth-order valence-corrected chi connectivity index (χ4v) is 1.31. The van der Waals surface area contributed by atoms with E-state index in [0.717, 1.165) is 0 Å². The lowest BCUT2D eigenvalue weighted by atomic mass is 9.95. The van der Waals surface area contributed by atoms with Crippen molar-refractivity contribution in [2.45, 2.75) is 46.6 Å². The summed E-state index contributed by atoms with van der Waals surface area (Å²) in [4.78, 5) is 33.4. The highest BCUT2D eigenvalue weighted by atomic mass is 16.2. The molecule has 0 rings (SSSR count). The molecule has 0 aliphatic rings. The predicted octanol–water partition coefficient (Wildman–Crippen LogP) is 1.09. The Kier molecular flexibility index (Phi) is 5.82. The van der Waals surface area contributed by atoms with Gasteiger partial charge in [-0.3, -0.25) is 9.59 Å². The zero-order valence-corrected chi connectivity index (χ0v) is 9.79. The van der Waals surface area contributed by atoms with E-state index in [1.54, 1.807) is 0 Å². The molecule has 0 aromatic carbocycles. The van der Waals surface area contributed by atoms with Crippen LogP contribution in [0.4, 0.5) is 0 Å². The van der Waals surface area contributed by atoms with E-state index in [1.165, 1.54) is 13.8 Å². The van der Waals surface area contributed by atoms with Gasteiger partial charge in [0.15, 0.2) is 0 Å². The number of hydrogen-bond donors (Lipinski definition) is 1. The van der Waals surface area contributed by atoms with Crippen LogP contribution < -0.4 is 5.32 Å². The Labute approximate surface area is 90.4 Å². The summed E-state index contributed by atoms with van der Waals surface area (Å²) >= 11 is 0. The minimum atomic E-state index is -0.471. The molecule has 0 aliphatic carbocycles. The van der Waals surface area contributed by atoms with Crippen LogP contribution in [0, 0.1) is 5.92 Å². The molecule has 1 atom stereocenters. The summed E-state index contributed by atoms with van der Waals surface area (Å²) < 4.78 is 0. The van der Waals surface area contributed by atoms with Crippen LogP contribution in [0.15, 0.2) is 0 Å². The first-order valence-electron chi connectivity index (χ1n) is 5.12. The number of hydrogen-bond acceptors (Lipinski definition) is 3. The number of carbonyl (C=O) groups is 3. The third kappa shape index (κ3) is 6.82. The van der Waals surface area contributed by atoms with Crippen molar-refractivity contribution in [3.05, 3.63) is 0 Å². The molecule has 0 aromatic rings. The van der Waals surface area contributed by atoms with Gasteiger partial charge in [0, 0.05) is 24.8 Å². The standard InChI is InChI=1S/C11H19NO3/c1-7(2)12-11(15)6-10(9(4)14)5-8(3)13/h7,10H,5-6H2,1-4H3,(H,12,15). The maximum Gasteiger partial charge on any atom is 0.220 e. The van der Waals surface area contributed by atoms with Crippen LogP contribution in [-0.4, -0.2) is 23.5 Å². The highest BCUT2D eigenvalue weighted by molar-refractivity contribution is 5.89. The van der Waals surface area contributed by atoms with E-state index >= 15 is 0 Å². The summed E-state index contributed by atoms with van der Waals surface area (Å²) in [5.41, 5.74) is 0. The first kappa shape index (κ1) is 13.8. The topological polar surface area (TPSA) is 63.2 Å². The number of amides is 1. The number of ketones is 2. The van der Waals surface area contributed by atoms with E-state index in [1.807, 2.05) is 13.8 Å². The van der Waals surface area contributed by atoms with Crippen LogP contribution in [0.1, 0.15) is 40.5 Å².